The number of sulfonamides is 1. The van der Waals surface area contributed by atoms with Crippen molar-refractivity contribution in [2.75, 3.05) is 13.2 Å². The second kappa shape index (κ2) is 5.70. The predicted molar refractivity (Wildman–Crippen MR) is 72.1 cm³/mol. The van der Waals surface area contributed by atoms with Crippen molar-refractivity contribution in [1.82, 2.24) is 4.31 Å². The van der Waals surface area contributed by atoms with Gasteiger partial charge in [0.1, 0.15) is 5.82 Å². The van der Waals surface area contributed by atoms with Crippen molar-refractivity contribution in [2.24, 2.45) is 0 Å². The number of aromatic carboxylic acids is 1. The van der Waals surface area contributed by atoms with Crippen LogP contribution in [-0.2, 0) is 10.0 Å². The highest BCUT2D eigenvalue weighted by atomic mass is 32.2. The number of hydrogen-bond donors (Lipinski definition) is 2. The molecule has 1 heterocycles. The maximum Gasteiger partial charge on any atom is 0.335 e. The molecule has 0 amide bonds. The lowest BCUT2D eigenvalue weighted by molar-refractivity contribution is 0.0696. The number of rotatable bonds is 4. The molecule has 1 aromatic rings. The molecule has 1 aliphatic heterocycles. The van der Waals surface area contributed by atoms with E-state index in [1.54, 1.807) is 0 Å². The van der Waals surface area contributed by atoms with E-state index in [4.69, 9.17) is 5.11 Å². The first-order valence-electron chi connectivity index (χ1n) is 6.45. The lowest BCUT2D eigenvalue weighted by Crippen LogP contribution is -2.38. The van der Waals surface area contributed by atoms with E-state index in [9.17, 15) is 22.7 Å². The Kier molecular flexibility index (Phi) is 4.31. The van der Waals surface area contributed by atoms with E-state index in [2.05, 4.69) is 0 Å². The summed E-state index contributed by atoms with van der Waals surface area (Å²) in [6, 6.07) is 1.21. The van der Waals surface area contributed by atoms with Gasteiger partial charge < -0.3 is 10.2 Å². The second-order valence-electron chi connectivity index (χ2n) is 4.98. The molecule has 1 atom stereocenters. The highest BCUT2D eigenvalue weighted by Crippen LogP contribution is 2.29. The average molecular weight is 317 g/mol. The van der Waals surface area contributed by atoms with Crippen LogP contribution in [0.5, 0.6) is 0 Å². The highest BCUT2D eigenvalue weighted by molar-refractivity contribution is 7.89. The number of carbonyl (C=O) groups is 1. The molecule has 0 spiro atoms. The van der Waals surface area contributed by atoms with Crippen molar-refractivity contribution in [1.29, 1.82) is 0 Å². The second-order valence-corrected chi connectivity index (χ2v) is 6.84. The normalized spacial score (nSPS) is 19.9. The largest absolute Gasteiger partial charge is 0.478 e. The van der Waals surface area contributed by atoms with Crippen LogP contribution in [0.1, 0.15) is 28.8 Å². The highest BCUT2D eigenvalue weighted by Gasteiger charge is 2.36. The van der Waals surface area contributed by atoms with Crippen molar-refractivity contribution in [2.45, 2.75) is 30.7 Å². The summed E-state index contributed by atoms with van der Waals surface area (Å²) in [6.45, 7) is 1.20. The van der Waals surface area contributed by atoms with Gasteiger partial charge in [0.15, 0.2) is 0 Å². The molecule has 0 bridgehead atoms. The number of carboxylic acid groups (broad SMARTS) is 1. The number of aliphatic hydroxyl groups excluding tert-OH is 1. The Morgan fingerprint density at radius 3 is 2.71 bits per heavy atom. The minimum Gasteiger partial charge on any atom is -0.478 e. The molecule has 6 nitrogen and oxygen atoms in total. The first-order chi connectivity index (χ1) is 9.78. The molecule has 1 fully saturated rings. The number of hydrogen-bond acceptors (Lipinski definition) is 4. The van der Waals surface area contributed by atoms with Crippen molar-refractivity contribution in [3.63, 3.8) is 0 Å². The van der Waals surface area contributed by atoms with Crippen LogP contribution in [0, 0.1) is 12.7 Å². The molecule has 2 N–H and O–H groups in total. The monoisotopic (exact) mass is 317 g/mol. The number of aliphatic hydroxyl groups is 1. The fourth-order valence-electron chi connectivity index (χ4n) is 2.48. The Morgan fingerprint density at radius 2 is 2.14 bits per heavy atom. The zero-order valence-electron chi connectivity index (χ0n) is 11.4. The zero-order chi connectivity index (χ0) is 15.8. The molecule has 0 radical (unpaired) electrons. The van der Waals surface area contributed by atoms with Gasteiger partial charge in [-0.25, -0.2) is 17.6 Å². The number of nitrogens with zero attached hydrogens (tertiary/aromatic N) is 1. The van der Waals surface area contributed by atoms with Crippen LogP contribution in [0.3, 0.4) is 0 Å². The topological polar surface area (TPSA) is 94.9 Å². The molecule has 0 unspecified atom stereocenters. The molecule has 116 valence electrons. The van der Waals surface area contributed by atoms with Gasteiger partial charge in [-0.1, -0.05) is 0 Å². The van der Waals surface area contributed by atoms with E-state index in [0.29, 0.717) is 12.8 Å². The van der Waals surface area contributed by atoms with Gasteiger partial charge in [0, 0.05) is 18.2 Å². The summed E-state index contributed by atoms with van der Waals surface area (Å²) >= 11 is 0. The van der Waals surface area contributed by atoms with Gasteiger partial charge in [-0.15, -0.1) is 0 Å². The average Bonchev–Trinajstić information content (AvgIpc) is 2.90. The SMILES string of the molecule is Cc1c(F)cc(C(=O)O)cc1S(=O)(=O)N1CCC[C@@H]1CO. The fourth-order valence-corrected chi connectivity index (χ4v) is 4.43. The van der Waals surface area contributed by atoms with Crippen LogP contribution in [0.25, 0.3) is 0 Å². The maximum absolute atomic E-state index is 13.8. The van der Waals surface area contributed by atoms with Crippen LogP contribution in [0.4, 0.5) is 4.39 Å². The van der Waals surface area contributed by atoms with Gasteiger partial charge in [-0.3, -0.25) is 0 Å². The molecule has 2 rings (SSSR count). The van der Waals surface area contributed by atoms with Crippen molar-refractivity contribution < 1.29 is 27.8 Å². The first kappa shape index (κ1) is 15.9. The third kappa shape index (κ3) is 2.78. The van der Waals surface area contributed by atoms with E-state index in [0.717, 1.165) is 16.4 Å². The molecule has 1 aromatic carbocycles. The molecular formula is C13H16FNO5S. The summed E-state index contributed by atoms with van der Waals surface area (Å²) in [7, 11) is -4.04. The van der Waals surface area contributed by atoms with Crippen LogP contribution in [0.2, 0.25) is 0 Å². The third-order valence-electron chi connectivity index (χ3n) is 3.66. The molecule has 21 heavy (non-hydrogen) atoms. The first-order valence-corrected chi connectivity index (χ1v) is 7.89. The van der Waals surface area contributed by atoms with Crippen molar-refractivity contribution in [3.05, 3.63) is 29.1 Å². The molecule has 1 saturated heterocycles. The van der Waals surface area contributed by atoms with Crippen LogP contribution in [0.15, 0.2) is 17.0 Å². The summed E-state index contributed by atoms with van der Waals surface area (Å²) in [5.74, 6) is -2.28. The summed E-state index contributed by atoms with van der Waals surface area (Å²) in [5.41, 5.74) is -0.542. The predicted octanol–water partition coefficient (Wildman–Crippen LogP) is 0.978. The van der Waals surface area contributed by atoms with E-state index in [-0.39, 0.29) is 23.6 Å². The molecular weight excluding hydrogens is 301 g/mol. The van der Waals surface area contributed by atoms with Crippen molar-refractivity contribution in [3.8, 4) is 0 Å². The standard InChI is InChI=1S/C13H16FNO5S/c1-8-11(14)5-9(13(17)18)6-12(8)21(19,20)15-4-2-3-10(15)7-16/h5-6,10,16H,2-4,7H2,1H3,(H,17,18)/t10-/m1/s1. The van der Waals surface area contributed by atoms with Gasteiger partial charge in [0.25, 0.3) is 0 Å². The lowest BCUT2D eigenvalue weighted by Gasteiger charge is -2.23. The Bertz CT molecular complexity index is 673. The summed E-state index contributed by atoms with van der Waals surface area (Å²) in [5, 5.41) is 18.2. The van der Waals surface area contributed by atoms with Gasteiger partial charge in [0.2, 0.25) is 10.0 Å². The van der Waals surface area contributed by atoms with E-state index in [1.807, 2.05) is 0 Å². The molecule has 0 saturated carbocycles. The summed E-state index contributed by atoms with van der Waals surface area (Å²) in [4.78, 5) is 10.6. The Hall–Kier alpha value is -1.51. The van der Waals surface area contributed by atoms with E-state index >= 15 is 0 Å². The maximum atomic E-state index is 13.8. The molecule has 0 aromatic heterocycles. The van der Waals surface area contributed by atoms with E-state index < -0.39 is 33.4 Å². The minimum absolute atomic E-state index is 0.122. The third-order valence-corrected chi connectivity index (χ3v) is 5.74. The van der Waals surface area contributed by atoms with Crippen molar-refractivity contribution >= 4 is 16.0 Å². The number of carboxylic acids is 1. The number of benzene rings is 1. The van der Waals surface area contributed by atoms with Crippen LogP contribution >= 0.6 is 0 Å². The van der Waals surface area contributed by atoms with Gasteiger partial charge in [-0.05, 0) is 31.9 Å². The lowest BCUT2D eigenvalue weighted by atomic mass is 10.1. The zero-order valence-corrected chi connectivity index (χ0v) is 12.2. The Labute approximate surface area is 121 Å². The summed E-state index contributed by atoms with van der Waals surface area (Å²) in [6.07, 6.45) is 1.13. The quantitative estimate of drug-likeness (QED) is 0.863. The number of halogens is 1. The molecule has 8 heteroatoms. The van der Waals surface area contributed by atoms with Gasteiger partial charge in [-0.2, -0.15) is 4.31 Å². The fraction of sp³-hybridized carbons (Fsp3) is 0.462. The summed E-state index contributed by atoms with van der Waals surface area (Å²) < 4.78 is 40.1. The van der Waals surface area contributed by atoms with Crippen LogP contribution < -0.4 is 0 Å². The van der Waals surface area contributed by atoms with E-state index in [1.165, 1.54) is 6.92 Å². The molecule has 0 aliphatic carbocycles. The Morgan fingerprint density at radius 1 is 1.48 bits per heavy atom. The minimum atomic E-state index is -4.04. The molecule has 1 aliphatic rings. The van der Waals surface area contributed by atoms with Gasteiger partial charge >= 0.3 is 5.97 Å². The van der Waals surface area contributed by atoms with Gasteiger partial charge in [0.05, 0.1) is 17.1 Å². The van der Waals surface area contributed by atoms with Crippen LogP contribution in [-0.4, -0.2) is 48.1 Å². The smallest absolute Gasteiger partial charge is 0.335 e. The Balaban J connectivity index is 2.56.